The summed E-state index contributed by atoms with van der Waals surface area (Å²) in [6.07, 6.45) is 3.81. The highest BCUT2D eigenvalue weighted by atomic mass is 35.5. The van der Waals surface area contributed by atoms with E-state index < -0.39 is 0 Å². The molecule has 1 saturated heterocycles. The van der Waals surface area contributed by atoms with E-state index in [0.29, 0.717) is 0 Å². The molecule has 1 heterocycles. The van der Waals surface area contributed by atoms with Crippen LogP contribution in [-0.2, 0) is 0 Å². The number of thioether (sulfide) groups is 1. The van der Waals surface area contributed by atoms with Gasteiger partial charge in [-0.1, -0.05) is 23.4 Å². The second-order valence-electron chi connectivity index (χ2n) is 4.15. The number of hydrogen-bond donors (Lipinski definition) is 0. The average molecular weight is 295 g/mol. The summed E-state index contributed by atoms with van der Waals surface area (Å²) < 4.78 is 0. The lowest BCUT2D eigenvalue weighted by atomic mass is 10.2. The quantitative estimate of drug-likeness (QED) is 0.454. The van der Waals surface area contributed by atoms with Crippen molar-refractivity contribution >= 4 is 34.2 Å². The number of anilines is 1. The molecule has 1 aromatic carbocycles. The van der Waals surface area contributed by atoms with Gasteiger partial charge in [-0.3, -0.25) is 0 Å². The molecule has 0 unspecified atom stereocenters. The van der Waals surface area contributed by atoms with Gasteiger partial charge in [0.2, 0.25) is 6.19 Å². The standard InChI is InChI=1S/C13H15ClN4S/c1-19-13(16-10-15)18-8-6-17(7-9-18)12-4-2-11(14)3-5-12/h2-5H,6-9H2,1H3. The van der Waals surface area contributed by atoms with E-state index >= 15 is 0 Å². The Balaban J connectivity index is 1.97. The maximum atomic E-state index is 8.65. The van der Waals surface area contributed by atoms with Crippen molar-refractivity contribution in [1.82, 2.24) is 4.90 Å². The number of nitriles is 1. The van der Waals surface area contributed by atoms with Gasteiger partial charge in [-0.05, 0) is 30.5 Å². The number of nitrogens with zero attached hydrogens (tertiary/aromatic N) is 4. The lowest BCUT2D eigenvalue weighted by molar-refractivity contribution is 0.392. The highest BCUT2D eigenvalue weighted by Gasteiger charge is 2.19. The summed E-state index contributed by atoms with van der Waals surface area (Å²) in [7, 11) is 0. The number of hydrogen-bond acceptors (Lipinski definition) is 4. The maximum Gasteiger partial charge on any atom is 0.208 e. The Bertz CT molecular complexity index is 486. The fraction of sp³-hybridized carbons (Fsp3) is 0.385. The highest BCUT2D eigenvalue weighted by Crippen LogP contribution is 2.20. The Labute approximate surface area is 122 Å². The van der Waals surface area contributed by atoms with Gasteiger partial charge in [-0.25, -0.2) is 0 Å². The van der Waals surface area contributed by atoms with E-state index in [4.69, 9.17) is 16.9 Å². The first kappa shape index (κ1) is 14.0. The Kier molecular flexibility index (Phi) is 4.94. The Morgan fingerprint density at radius 3 is 2.42 bits per heavy atom. The maximum absolute atomic E-state index is 8.65. The summed E-state index contributed by atoms with van der Waals surface area (Å²) in [5, 5.41) is 10.2. The van der Waals surface area contributed by atoms with Gasteiger partial charge in [-0.15, -0.1) is 4.99 Å². The number of benzene rings is 1. The van der Waals surface area contributed by atoms with Crippen LogP contribution in [0.15, 0.2) is 29.3 Å². The van der Waals surface area contributed by atoms with E-state index in [9.17, 15) is 0 Å². The molecule has 0 aromatic heterocycles. The lowest BCUT2D eigenvalue weighted by Crippen LogP contribution is -2.48. The smallest absolute Gasteiger partial charge is 0.208 e. The van der Waals surface area contributed by atoms with Gasteiger partial charge in [0.15, 0.2) is 5.17 Å². The van der Waals surface area contributed by atoms with Crippen LogP contribution in [0, 0.1) is 11.5 Å². The molecule has 0 saturated carbocycles. The van der Waals surface area contributed by atoms with Crippen LogP contribution in [0.4, 0.5) is 5.69 Å². The molecule has 1 aliphatic heterocycles. The van der Waals surface area contributed by atoms with Crippen LogP contribution in [-0.4, -0.2) is 42.5 Å². The third-order valence-corrected chi connectivity index (χ3v) is 4.04. The van der Waals surface area contributed by atoms with Crippen molar-refractivity contribution in [3.8, 4) is 6.19 Å². The van der Waals surface area contributed by atoms with E-state index in [0.717, 1.165) is 36.4 Å². The minimum absolute atomic E-state index is 0.758. The van der Waals surface area contributed by atoms with Crippen LogP contribution < -0.4 is 4.90 Å². The second kappa shape index (κ2) is 6.69. The van der Waals surface area contributed by atoms with E-state index in [-0.39, 0.29) is 0 Å². The van der Waals surface area contributed by atoms with Crippen LogP contribution in [0.5, 0.6) is 0 Å². The minimum Gasteiger partial charge on any atom is -0.368 e. The predicted molar refractivity (Wildman–Crippen MR) is 81.8 cm³/mol. The van der Waals surface area contributed by atoms with Crippen molar-refractivity contribution in [2.75, 3.05) is 37.3 Å². The molecular formula is C13H15ClN4S. The zero-order valence-corrected chi connectivity index (χ0v) is 12.3. The average Bonchev–Trinajstić information content (AvgIpc) is 2.46. The molecule has 0 radical (unpaired) electrons. The number of aliphatic imine (C=N–C) groups is 1. The van der Waals surface area contributed by atoms with Crippen molar-refractivity contribution in [3.05, 3.63) is 29.3 Å². The molecule has 6 heteroatoms. The molecule has 0 N–H and O–H groups in total. The van der Waals surface area contributed by atoms with Gasteiger partial charge in [-0.2, -0.15) is 5.26 Å². The highest BCUT2D eigenvalue weighted by molar-refractivity contribution is 8.13. The zero-order chi connectivity index (χ0) is 13.7. The van der Waals surface area contributed by atoms with Gasteiger partial charge in [0, 0.05) is 36.9 Å². The first-order chi connectivity index (χ1) is 9.24. The van der Waals surface area contributed by atoms with Crippen molar-refractivity contribution in [2.24, 2.45) is 4.99 Å². The van der Waals surface area contributed by atoms with E-state index in [1.807, 2.05) is 36.7 Å². The largest absolute Gasteiger partial charge is 0.368 e. The van der Waals surface area contributed by atoms with Crippen LogP contribution in [0.25, 0.3) is 0 Å². The van der Waals surface area contributed by atoms with E-state index in [1.54, 1.807) is 0 Å². The van der Waals surface area contributed by atoms with Crippen molar-refractivity contribution in [3.63, 3.8) is 0 Å². The molecule has 4 nitrogen and oxygen atoms in total. The molecule has 2 rings (SSSR count). The first-order valence-electron chi connectivity index (χ1n) is 6.01. The first-order valence-corrected chi connectivity index (χ1v) is 7.61. The molecule has 1 aliphatic rings. The van der Waals surface area contributed by atoms with Gasteiger partial charge >= 0.3 is 0 Å². The van der Waals surface area contributed by atoms with E-state index in [1.165, 1.54) is 17.4 Å². The van der Waals surface area contributed by atoms with Crippen LogP contribution >= 0.6 is 23.4 Å². The molecule has 100 valence electrons. The summed E-state index contributed by atoms with van der Waals surface area (Å²) in [5.74, 6) is 0. The summed E-state index contributed by atoms with van der Waals surface area (Å²) in [4.78, 5) is 8.32. The van der Waals surface area contributed by atoms with Crippen LogP contribution in [0.1, 0.15) is 0 Å². The molecule has 0 atom stereocenters. The number of halogens is 1. The molecule has 0 aliphatic carbocycles. The van der Waals surface area contributed by atoms with Crippen LogP contribution in [0.2, 0.25) is 5.02 Å². The van der Waals surface area contributed by atoms with Gasteiger partial charge in [0.25, 0.3) is 0 Å². The summed E-state index contributed by atoms with van der Waals surface area (Å²) in [5.41, 5.74) is 1.19. The third-order valence-electron chi connectivity index (χ3n) is 3.07. The van der Waals surface area contributed by atoms with Gasteiger partial charge in [0.1, 0.15) is 0 Å². The molecule has 0 bridgehead atoms. The summed E-state index contributed by atoms with van der Waals surface area (Å²) in [6, 6.07) is 7.90. The van der Waals surface area contributed by atoms with Gasteiger partial charge in [0.05, 0.1) is 0 Å². The van der Waals surface area contributed by atoms with Crippen LogP contribution in [0.3, 0.4) is 0 Å². The Hall–Kier alpha value is -1.38. The Morgan fingerprint density at radius 2 is 1.89 bits per heavy atom. The molecule has 0 spiro atoms. The third kappa shape index (κ3) is 3.55. The fourth-order valence-electron chi connectivity index (χ4n) is 2.10. The van der Waals surface area contributed by atoms with Gasteiger partial charge < -0.3 is 9.80 Å². The summed E-state index contributed by atoms with van der Waals surface area (Å²) in [6.45, 7) is 3.60. The topological polar surface area (TPSA) is 42.6 Å². The van der Waals surface area contributed by atoms with Crippen molar-refractivity contribution in [1.29, 1.82) is 5.26 Å². The molecular weight excluding hydrogens is 280 g/mol. The van der Waals surface area contributed by atoms with Crippen molar-refractivity contribution in [2.45, 2.75) is 0 Å². The normalized spacial score (nSPS) is 16.4. The van der Waals surface area contributed by atoms with E-state index in [2.05, 4.69) is 14.8 Å². The fourth-order valence-corrected chi connectivity index (χ4v) is 2.79. The monoisotopic (exact) mass is 294 g/mol. The second-order valence-corrected chi connectivity index (χ2v) is 5.36. The summed E-state index contributed by atoms with van der Waals surface area (Å²) >= 11 is 7.41. The molecule has 0 amide bonds. The predicted octanol–water partition coefficient (Wildman–Crippen LogP) is 2.66. The number of amidine groups is 1. The zero-order valence-electron chi connectivity index (χ0n) is 10.7. The lowest BCUT2D eigenvalue weighted by Gasteiger charge is -2.36. The SMILES string of the molecule is CSC(=NC#N)N1CCN(c2ccc(Cl)cc2)CC1. The molecule has 19 heavy (non-hydrogen) atoms. The number of piperazine rings is 1. The Morgan fingerprint density at radius 1 is 1.26 bits per heavy atom. The minimum atomic E-state index is 0.758. The van der Waals surface area contributed by atoms with Crippen molar-refractivity contribution < 1.29 is 0 Å². The molecule has 1 fully saturated rings. The molecule has 1 aromatic rings. The number of rotatable bonds is 1.